The minimum absolute atomic E-state index is 0.0561. The van der Waals surface area contributed by atoms with Crippen LogP contribution in [0.1, 0.15) is 49.5 Å². The summed E-state index contributed by atoms with van der Waals surface area (Å²) in [4.78, 5) is 41.6. The molecule has 1 saturated carbocycles. The molecule has 11 heteroatoms. The van der Waals surface area contributed by atoms with E-state index in [0.29, 0.717) is 10.7 Å². The fraction of sp³-hybridized carbons (Fsp3) is 0.400. The molecule has 0 unspecified atom stereocenters. The summed E-state index contributed by atoms with van der Waals surface area (Å²) >= 11 is 6.92. The lowest BCUT2D eigenvalue weighted by Crippen LogP contribution is -2.54. The first kappa shape index (κ1) is 22.8. The van der Waals surface area contributed by atoms with Crippen LogP contribution in [0, 0.1) is 0 Å². The third-order valence-electron chi connectivity index (χ3n) is 4.62. The van der Waals surface area contributed by atoms with Crippen molar-refractivity contribution in [1.29, 1.82) is 0 Å². The normalized spacial score (nSPS) is 13.9. The number of thiazole rings is 1. The van der Waals surface area contributed by atoms with Crippen molar-refractivity contribution in [2.75, 3.05) is 16.9 Å². The van der Waals surface area contributed by atoms with Crippen LogP contribution >= 0.6 is 22.9 Å². The number of hydrogen-bond donors (Lipinski definition) is 3. The standard InChI is InChI=1S/C20H24ClN5O4S/c1-2-30-17(27)16-12-31-20(24-16)26(19(29)23-15-10-8-13(21)9-11-15)25-18(28)22-14-6-4-3-5-7-14/h8-12,14H,2-7H2,1H3,(H,23,29)(H2,22,25,28). The van der Waals surface area contributed by atoms with Crippen LogP contribution in [0.4, 0.5) is 20.4 Å². The Hall–Kier alpha value is -2.85. The average Bonchev–Trinajstić information content (AvgIpc) is 3.24. The van der Waals surface area contributed by atoms with Crippen molar-refractivity contribution < 1.29 is 19.1 Å². The lowest BCUT2D eigenvalue weighted by molar-refractivity contribution is 0.0520. The summed E-state index contributed by atoms with van der Waals surface area (Å²) in [6, 6.07) is 5.41. The molecule has 0 bridgehead atoms. The monoisotopic (exact) mass is 465 g/mol. The summed E-state index contributed by atoms with van der Waals surface area (Å²) in [5.74, 6) is -0.602. The number of carbonyl (C=O) groups is 3. The molecule has 166 valence electrons. The van der Waals surface area contributed by atoms with Gasteiger partial charge in [-0.25, -0.2) is 24.8 Å². The van der Waals surface area contributed by atoms with Crippen LogP contribution in [0.2, 0.25) is 5.02 Å². The molecule has 1 aromatic carbocycles. The Morgan fingerprint density at radius 1 is 1.19 bits per heavy atom. The van der Waals surface area contributed by atoms with E-state index < -0.39 is 18.0 Å². The van der Waals surface area contributed by atoms with Crippen LogP contribution in [-0.4, -0.2) is 35.7 Å². The maximum Gasteiger partial charge on any atom is 0.357 e. The van der Waals surface area contributed by atoms with Gasteiger partial charge in [0.2, 0.25) is 5.13 Å². The van der Waals surface area contributed by atoms with E-state index in [4.69, 9.17) is 16.3 Å². The first-order valence-electron chi connectivity index (χ1n) is 10.0. The van der Waals surface area contributed by atoms with Gasteiger partial charge in [0.05, 0.1) is 6.61 Å². The molecular formula is C20H24ClN5O4S. The summed E-state index contributed by atoms with van der Waals surface area (Å²) in [6.07, 6.45) is 5.07. The largest absolute Gasteiger partial charge is 0.461 e. The number of hydrogen-bond acceptors (Lipinski definition) is 6. The minimum Gasteiger partial charge on any atom is -0.461 e. The predicted molar refractivity (Wildman–Crippen MR) is 120 cm³/mol. The van der Waals surface area contributed by atoms with Crippen molar-refractivity contribution in [1.82, 2.24) is 15.7 Å². The zero-order valence-corrected chi connectivity index (χ0v) is 18.6. The number of benzene rings is 1. The number of hydrazine groups is 1. The number of carbonyl (C=O) groups excluding carboxylic acids is 3. The number of amides is 4. The number of aromatic nitrogens is 1. The second kappa shape index (κ2) is 11.0. The van der Waals surface area contributed by atoms with Crippen LogP contribution in [0.15, 0.2) is 29.6 Å². The molecule has 2 aromatic rings. The molecule has 1 aliphatic carbocycles. The molecule has 3 rings (SSSR count). The van der Waals surface area contributed by atoms with E-state index >= 15 is 0 Å². The van der Waals surface area contributed by atoms with E-state index in [2.05, 4.69) is 21.0 Å². The molecule has 1 heterocycles. The molecule has 31 heavy (non-hydrogen) atoms. The highest BCUT2D eigenvalue weighted by Crippen LogP contribution is 2.22. The molecule has 0 radical (unpaired) electrons. The molecule has 0 saturated heterocycles. The molecular weight excluding hydrogens is 442 g/mol. The van der Waals surface area contributed by atoms with Gasteiger partial charge in [-0.1, -0.05) is 30.9 Å². The highest BCUT2D eigenvalue weighted by Gasteiger charge is 2.25. The van der Waals surface area contributed by atoms with E-state index in [1.807, 2.05) is 0 Å². The van der Waals surface area contributed by atoms with Crippen LogP contribution in [0.5, 0.6) is 0 Å². The summed E-state index contributed by atoms with van der Waals surface area (Å²) < 4.78 is 4.94. The number of nitrogens with one attached hydrogen (secondary N) is 3. The lowest BCUT2D eigenvalue weighted by Gasteiger charge is -2.26. The van der Waals surface area contributed by atoms with E-state index in [0.717, 1.165) is 48.4 Å². The number of ether oxygens (including phenoxy) is 1. The van der Waals surface area contributed by atoms with Gasteiger partial charge in [0.15, 0.2) is 5.69 Å². The zero-order valence-electron chi connectivity index (χ0n) is 17.0. The molecule has 0 atom stereocenters. The third-order valence-corrected chi connectivity index (χ3v) is 5.70. The molecule has 1 fully saturated rings. The van der Waals surface area contributed by atoms with Gasteiger partial charge in [-0.2, -0.15) is 5.01 Å². The summed E-state index contributed by atoms with van der Waals surface area (Å²) in [6.45, 7) is 1.89. The minimum atomic E-state index is -0.647. The molecule has 0 aliphatic heterocycles. The van der Waals surface area contributed by atoms with Crippen LogP contribution < -0.4 is 21.1 Å². The van der Waals surface area contributed by atoms with Gasteiger partial charge in [-0.15, -0.1) is 11.3 Å². The van der Waals surface area contributed by atoms with Gasteiger partial charge in [0.25, 0.3) is 0 Å². The molecule has 1 aromatic heterocycles. The molecule has 0 spiro atoms. The summed E-state index contributed by atoms with van der Waals surface area (Å²) in [5, 5.41) is 8.65. The van der Waals surface area contributed by atoms with Gasteiger partial charge < -0.3 is 15.4 Å². The Bertz CT molecular complexity index is 915. The van der Waals surface area contributed by atoms with Crippen molar-refractivity contribution >= 4 is 51.8 Å². The van der Waals surface area contributed by atoms with E-state index in [-0.39, 0.29) is 23.5 Å². The van der Waals surface area contributed by atoms with Crippen LogP contribution in [-0.2, 0) is 4.74 Å². The Balaban J connectivity index is 1.75. The number of nitrogens with zero attached hydrogens (tertiary/aromatic N) is 2. The van der Waals surface area contributed by atoms with Crippen molar-refractivity contribution in [2.45, 2.75) is 45.1 Å². The van der Waals surface area contributed by atoms with E-state index in [1.54, 1.807) is 31.2 Å². The third kappa shape index (κ3) is 6.56. The van der Waals surface area contributed by atoms with Gasteiger partial charge in [0.1, 0.15) is 0 Å². The van der Waals surface area contributed by atoms with Crippen molar-refractivity contribution in [3.05, 3.63) is 40.4 Å². The molecule has 9 nitrogen and oxygen atoms in total. The number of rotatable bonds is 5. The van der Waals surface area contributed by atoms with E-state index in [1.165, 1.54) is 5.38 Å². The predicted octanol–water partition coefficient (Wildman–Crippen LogP) is 4.56. The fourth-order valence-electron chi connectivity index (χ4n) is 3.13. The number of urea groups is 2. The zero-order chi connectivity index (χ0) is 22.2. The topological polar surface area (TPSA) is 113 Å². The quantitative estimate of drug-likeness (QED) is 0.442. The number of anilines is 2. The first-order chi connectivity index (χ1) is 15.0. The average molecular weight is 466 g/mol. The van der Waals surface area contributed by atoms with Crippen molar-refractivity contribution in [3.8, 4) is 0 Å². The highest BCUT2D eigenvalue weighted by molar-refractivity contribution is 7.14. The highest BCUT2D eigenvalue weighted by atomic mass is 35.5. The van der Waals surface area contributed by atoms with Crippen molar-refractivity contribution in [3.63, 3.8) is 0 Å². The first-order valence-corrected chi connectivity index (χ1v) is 11.3. The Labute approximate surface area is 189 Å². The fourth-order valence-corrected chi connectivity index (χ4v) is 4.01. The Morgan fingerprint density at radius 2 is 1.90 bits per heavy atom. The van der Waals surface area contributed by atoms with Gasteiger partial charge in [0, 0.05) is 22.1 Å². The van der Waals surface area contributed by atoms with Crippen LogP contribution in [0.3, 0.4) is 0 Å². The van der Waals surface area contributed by atoms with Gasteiger partial charge in [-0.05, 0) is 44.0 Å². The Morgan fingerprint density at radius 3 is 2.58 bits per heavy atom. The second-order valence-electron chi connectivity index (χ2n) is 6.93. The van der Waals surface area contributed by atoms with E-state index in [9.17, 15) is 14.4 Å². The molecule has 1 aliphatic rings. The SMILES string of the molecule is CCOC(=O)c1csc(N(NC(=O)NC2CCCCC2)C(=O)Nc2ccc(Cl)cc2)n1. The maximum absolute atomic E-state index is 12.9. The smallest absolute Gasteiger partial charge is 0.357 e. The summed E-state index contributed by atoms with van der Waals surface area (Å²) in [5.41, 5.74) is 3.08. The summed E-state index contributed by atoms with van der Waals surface area (Å²) in [7, 11) is 0. The molecule has 4 amide bonds. The molecule has 3 N–H and O–H groups in total. The maximum atomic E-state index is 12.9. The number of esters is 1. The second-order valence-corrected chi connectivity index (χ2v) is 8.20. The number of halogens is 1. The van der Waals surface area contributed by atoms with Gasteiger partial charge >= 0.3 is 18.0 Å². The van der Waals surface area contributed by atoms with Crippen LogP contribution in [0.25, 0.3) is 0 Å². The Kier molecular flexibility index (Phi) is 8.07. The lowest BCUT2D eigenvalue weighted by atomic mass is 9.96. The van der Waals surface area contributed by atoms with Gasteiger partial charge in [-0.3, -0.25) is 0 Å². The van der Waals surface area contributed by atoms with Crippen molar-refractivity contribution in [2.24, 2.45) is 0 Å².